The maximum absolute atomic E-state index is 12.2. The van der Waals surface area contributed by atoms with E-state index in [1.165, 1.54) is 12.2 Å². The van der Waals surface area contributed by atoms with Gasteiger partial charge in [-0.2, -0.15) is 0 Å². The van der Waals surface area contributed by atoms with Gasteiger partial charge in [-0.25, -0.2) is 8.78 Å². The van der Waals surface area contributed by atoms with Crippen molar-refractivity contribution in [3.8, 4) is 0 Å². The summed E-state index contributed by atoms with van der Waals surface area (Å²) in [5.41, 5.74) is 0.975. The lowest BCUT2D eigenvalue weighted by Crippen LogP contribution is -1.78. The smallest absolute Gasteiger partial charge is 0.116 e. The van der Waals surface area contributed by atoms with Gasteiger partial charge in [0.25, 0.3) is 0 Å². The van der Waals surface area contributed by atoms with Crippen LogP contribution in [0.25, 0.3) is 0 Å². The highest BCUT2D eigenvalue weighted by Crippen LogP contribution is 2.11. The van der Waals surface area contributed by atoms with E-state index in [1.807, 2.05) is 0 Å². The van der Waals surface area contributed by atoms with Gasteiger partial charge in [0.2, 0.25) is 0 Å². The Morgan fingerprint density at radius 1 is 0.643 bits per heavy atom. The predicted molar refractivity (Wildman–Crippen MR) is 57.1 cm³/mol. The second-order valence-electron chi connectivity index (χ2n) is 2.61. The number of halogens is 2. The van der Waals surface area contributed by atoms with Crippen LogP contribution < -0.4 is 0 Å². The number of hydrogen-bond acceptors (Lipinski definition) is 0. The lowest BCUT2D eigenvalue weighted by Gasteiger charge is -1.97. The molecule has 0 saturated heterocycles. The summed E-state index contributed by atoms with van der Waals surface area (Å²) in [6.45, 7) is 13.3. The van der Waals surface area contributed by atoms with Crippen molar-refractivity contribution >= 4 is 0 Å². The zero-order valence-electron chi connectivity index (χ0n) is 7.89. The van der Waals surface area contributed by atoms with Gasteiger partial charge in [-0.15, -0.1) is 0 Å². The molecule has 0 bridgehead atoms. The lowest BCUT2D eigenvalue weighted by molar-refractivity contribution is 0.670. The Labute approximate surface area is 82.9 Å². The summed E-state index contributed by atoms with van der Waals surface area (Å²) in [5, 5.41) is 0. The molecular weight excluding hydrogens is 182 g/mol. The summed E-state index contributed by atoms with van der Waals surface area (Å²) in [6.07, 6.45) is 5.14. The van der Waals surface area contributed by atoms with Gasteiger partial charge in [-0.05, 0) is 23.3 Å². The first-order valence-electron chi connectivity index (χ1n) is 3.86. The molecule has 0 aliphatic carbocycles. The van der Waals surface area contributed by atoms with Crippen molar-refractivity contribution in [3.05, 3.63) is 73.4 Å². The molecule has 0 saturated carbocycles. The molecular formula is C12H12F2. The third-order valence-electron chi connectivity index (χ3n) is 1.34. The highest BCUT2D eigenvalue weighted by Gasteiger charge is 1.92. The quantitative estimate of drug-likeness (QED) is 0.576. The number of allylic oxidation sites excluding steroid dienone is 8. The molecule has 2 heteroatoms. The van der Waals surface area contributed by atoms with Crippen molar-refractivity contribution in [2.24, 2.45) is 0 Å². The zero-order chi connectivity index (χ0) is 11.1. The van der Waals surface area contributed by atoms with Crippen LogP contribution in [-0.2, 0) is 0 Å². The normalized spacial score (nSPS) is 10.7. The Morgan fingerprint density at radius 2 is 0.929 bits per heavy atom. The highest BCUT2D eigenvalue weighted by atomic mass is 19.1. The number of rotatable bonds is 5. The first-order chi connectivity index (χ1) is 6.43. The fraction of sp³-hybridized carbons (Fsp3) is 0. The molecule has 0 aromatic rings. The molecule has 0 aromatic heterocycles. The fourth-order valence-corrected chi connectivity index (χ4v) is 0.596. The Hall–Kier alpha value is -1.70. The molecule has 14 heavy (non-hydrogen) atoms. The standard InChI is InChI=1S/C12H12F2/c1-9(5-7-11(3)13)10(2)6-8-12(4)14/h5-8H,1-4H2/b7-5-,8-6-. The minimum Gasteiger partial charge on any atom is -0.208 e. The first-order valence-corrected chi connectivity index (χ1v) is 3.86. The monoisotopic (exact) mass is 194 g/mol. The topological polar surface area (TPSA) is 0 Å². The molecule has 0 aromatic carbocycles. The maximum atomic E-state index is 12.2. The van der Waals surface area contributed by atoms with Gasteiger partial charge in [0.1, 0.15) is 11.7 Å². The van der Waals surface area contributed by atoms with Crippen LogP contribution in [0.4, 0.5) is 8.78 Å². The van der Waals surface area contributed by atoms with E-state index >= 15 is 0 Å². The molecule has 0 N–H and O–H groups in total. The van der Waals surface area contributed by atoms with Crippen LogP contribution in [0.1, 0.15) is 0 Å². The van der Waals surface area contributed by atoms with E-state index in [1.54, 1.807) is 0 Å². The van der Waals surface area contributed by atoms with Gasteiger partial charge < -0.3 is 0 Å². The Morgan fingerprint density at radius 3 is 1.14 bits per heavy atom. The summed E-state index contributed by atoms with van der Waals surface area (Å²) in [7, 11) is 0. The van der Waals surface area contributed by atoms with Gasteiger partial charge in [-0.1, -0.05) is 38.5 Å². The minimum absolute atomic E-state index is 0.487. The van der Waals surface area contributed by atoms with Gasteiger partial charge in [0, 0.05) is 0 Å². The van der Waals surface area contributed by atoms with Gasteiger partial charge in [0.05, 0.1) is 0 Å². The molecule has 0 unspecified atom stereocenters. The predicted octanol–water partition coefficient (Wildman–Crippen LogP) is 4.18. The van der Waals surface area contributed by atoms with Crippen molar-refractivity contribution < 1.29 is 8.78 Å². The van der Waals surface area contributed by atoms with E-state index in [0.717, 1.165) is 12.2 Å². The first kappa shape index (κ1) is 12.3. The Bertz CT molecular complexity index is 296. The summed E-state index contributed by atoms with van der Waals surface area (Å²) < 4.78 is 24.4. The van der Waals surface area contributed by atoms with Gasteiger partial charge in [-0.3, -0.25) is 0 Å². The fourth-order valence-electron chi connectivity index (χ4n) is 0.596. The van der Waals surface area contributed by atoms with Crippen molar-refractivity contribution in [3.63, 3.8) is 0 Å². The third kappa shape index (κ3) is 5.89. The molecule has 0 rings (SSSR count). The van der Waals surface area contributed by atoms with Crippen LogP contribution in [0.3, 0.4) is 0 Å². The van der Waals surface area contributed by atoms with Crippen LogP contribution in [0.2, 0.25) is 0 Å². The maximum Gasteiger partial charge on any atom is 0.116 e. The molecule has 0 heterocycles. The number of hydrogen-bond donors (Lipinski definition) is 0. The van der Waals surface area contributed by atoms with E-state index in [-0.39, 0.29) is 0 Å². The molecule has 0 fully saturated rings. The van der Waals surface area contributed by atoms with Crippen LogP contribution >= 0.6 is 0 Å². The molecule has 74 valence electrons. The lowest BCUT2D eigenvalue weighted by atomic mass is 10.1. The largest absolute Gasteiger partial charge is 0.208 e. The van der Waals surface area contributed by atoms with Crippen molar-refractivity contribution in [2.75, 3.05) is 0 Å². The van der Waals surface area contributed by atoms with Crippen LogP contribution in [0.15, 0.2) is 73.4 Å². The van der Waals surface area contributed by atoms with E-state index in [0.29, 0.717) is 11.1 Å². The average Bonchev–Trinajstić information content (AvgIpc) is 2.09. The summed E-state index contributed by atoms with van der Waals surface area (Å²) in [4.78, 5) is 0. The summed E-state index contributed by atoms with van der Waals surface area (Å²) in [5.74, 6) is -1.14. The molecule has 0 nitrogen and oxygen atoms in total. The third-order valence-corrected chi connectivity index (χ3v) is 1.34. The minimum atomic E-state index is -0.571. The van der Waals surface area contributed by atoms with Crippen molar-refractivity contribution in [1.82, 2.24) is 0 Å². The van der Waals surface area contributed by atoms with Gasteiger partial charge in [0.15, 0.2) is 0 Å². The molecule has 0 radical (unpaired) electrons. The van der Waals surface area contributed by atoms with E-state index in [2.05, 4.69) is 26.3 Å². The zero-order valence-corrected chi connectivity index (χ0v) is 7.89. The molecule has 0 amide bonds. The SMILES string of the molecule is C=C(F)/C=C\C(=C)C(=C)/C=C\C(=C)F. The van der Waals surface area contributed by atoms with E-state index in [4.69, 9.17) is 0 Å². The van der Waals surface area contributed by atoms with E-state index < -0.39 is 11.7 Å². The molecule has 0 spiro atoms. The summed E-state index contributed by atoms with van der Waals surface area (Å²) in [6, 6.07) is 0. The van der Waals surface area contributed by atoms with Crippen molar-refractivity contribution in [1.29, 1.82) is 0 Å². The van der Waals surface area contributed by atoms with Crippen molar-refractivity contribution in [2.45, 2.75) is 0 Å². The van der Waals surface area contributed by atoms with Gasteiger partial charge >= 0.3 is 0 Å². The van der Waals surface area contributed by atoms with Crippen LogP contribution in [-0.4, -0.2) is 0 Å². The summed E-state index contributed by atoms with van der Waals surface area (Å²) >= 11 is 0. The van der Waals surface area contributed by atoms with E-state index in [9.17, 15) is 8.78 Å². The van der Waals surface area contributed by atoms with Crippen LogP contribution in [0, 0.1) is 0 Å². The van der Waals surface area contributed by atoms with Crippen LogP contribution in [0.5, 0.6) is 0 Å². The second-order valence-corrected chi connectivity index (χ2v) is 2.61. The molecule has 0 aliphatic heterocycles. The Kier molecular flexibility index (Phi) is 5.15. The highest BCUT2D eigenvalue weighted by molar-refractivity contribution is 5.44. The average molecular weight is 194 g/mol. The second kappa shape index (κ2) is 5.86. The Balaban J connectivity index is 4.35. The molecule has 0 aliphatic rings. The molecule has 0 atom stereocenters.